The maximum atomic E-state index is 11.1. The van der Waals surface area contributed by atoms with Crippen LogP contribution in [0, 0.1) is 18.3 Å². The molecule has 0 saturated carbocycles. The Hall–Kier alpha value is -1.88. The summed E-state index contributed by atoms with van der Waals surface area (Å²) in [4.78, 5) is 11.1. The molecule has 14 heavy (non-hydrogen) atoms. The van der Waals surface area contributed by atoms with Crippen molar-refractivity contribution in [2.24, 2.45) is 0 Å². The first kappa shape index (κ1) is 10.2. The van der Waals surface area contributed by atoms with Crippen molar-refractivity contribution in [3.8, 4) is 6.07 Å². The van der Waals surface area contributed by atoms with Gasteiger partial charge in [-0.05, 0) is 37.1 Å². The van der Waals surface area contributed by atoms with E-state index in [-0.39, 0.29) is 5.78 Å². The lowest BCUT2D eigenvalue weighted by atomic mass is 10.0. The van der Waals surface area contributed by atoms with Gasteiger partial charge in [0.25, 0.3) is 0 Å². The number of carbonyl (C=O) groups excluding carboxylic acids is 1. The van der Waals surface area contributed by atoms with Gasteiger partial charge in [-0.15, -0.1) is 0 Å². The highest BCUT2D eigenvalue weighted by Gasteiger charge is 2.01. The highest BCUT2D eigenvalue weighted by atomic mass is 16.1. The Labute approximate surface area is 83.5 Å². The Morgan fingerprint density at radius 2 is 2.21 bits per heavy atom. The van der Waals surface area contributed by atoms with E-state index >= 15 is 0 Å². The van der Waals surface area contributed by atoms with Crippen LogP contribution in [-0.4, -0.2) is 5.78 Å². The molecule has 0 amide bonds. The number of hydrogen-bond donors (Lipinski definition) is 0. The van der Waals surface area contributed by atoms with Crippen molar-refractivity contribution in [1.29, 1.82) is 5.26 Å². The number of nitriles is 1. The minimum Gasteiger partial charge on any atom is -0.295 e. The zero-order chi connectivity index (χ0) is 10.6. The molecule has 0 atom stereocenters. The van der Waals surface area contributed by atoms with Crippen LogP contribution in [0.25, 0.3) is 6.08 Å². The van der Waals surface area contributed by atoms with Crippen LogP contribution in [0.2, 0.25) is 0 Å². The van der Waals surface area contributed by atoms with Crippen LogP contribution in [0.4, 0.5) is 0 Å². The van der Waals surface area contributed by atoms with Gasteiger partial charge in [-0.3, -0.25) is 4.79 Å². The van der Waals surface area contributed by atoms with Crippen molar-refractivity contribution in [2.75, 3.05) is 0 Å². The highest BCUT2D eigenvalue weighted by Crippen LogP contribution is 2.13. The van der Waals surface area contributed by atoms with Gasteiger partial charge in [0, 0.05) is 11.6 Å². The summed E-state index contributed by atoms with van der Waals surface area (Å²) in [5, 5.41) is 8.39. The third kappa shape index (κ3) is 2.30. The molecule has 0 heterocycles. The molecule has 0 spiro atoms. The van der Waals surface area contributed by atoms with Gasteiger partial charge in [-0.2, -0.15) is 5.26 Å². The Kier molecular flexibility index (Phi) is 3.19. The number of Topliss-reactive ketones (excluding diaryl/α,β-unsaturated/α-hetero) is 1. The molecular formula is C12H11NO. The van der Waals surface area contributed by atoms with Gasteiger partial charge >= 0.3 is 0 Å². The van der Waals surface area contributed by atoms with Crippen molar-refractivity contribution in [3.05, 3.63) is 41.0 Å². The first-order valence-electron chi connectivity index (χ1n) is 4.33. The van der Waals surface area contributed by atoms with Crippen molar-refractivity contribution in [3.63, 3.8) is 0 Å². The van der Waals surface area contributed by atoms with Gasteiger partial charge in [0.2, 0.25) is 0 Å². The van der Waals surface area contributed by atoms with Crippen LogP contribution >= 0.6 is 0 Å². The van der Waals surface area contributed by atoms with E-state index in [1.807, 2.05) is 19.1 Å². The predicted molar refractivity (Wildman–Crippen MR) is 55.8 cm³/mol. The molecule has 0 bridgehead atoms. The number of hydrogen-bond acceptors (Lipinski definition) is 2. The Balaban J connectivity index is 3.16. The number of allylic oxidation sites excluding steroid dienone is 1. The molecular weight excluding hydrogens is 174 g/mol. The second-order valence-corrected chi connectivity index (χ2v) is 3.09. The standard InChI is InChI=1S/C12H11NO/c1-9-5-6-12(10(2)14)8-11(9)4-3-7-13/h3-6,8H,1-2H3. The van der Waals surface area contributed by atoms with E-state index in [0.29, 0.717) is 5.56 Å². The van der Waals surface area contributed by atoms with Crippen LogP contribution in [0.3, 0.4) is 0 Å². The number of benzene rings is 1. The molecule has 0 unspecified atom stereocenters. The van der Waals surface area contributed by atoms with Crippen molar-refractivity contribution >= 4 is 11.9 Å². The number of carbonyl (C=O) groups is 1. The summed E-state index contributed by atoms with van der Waals surface area (Å²) in [5.74, 6) is 0.0385. The van der Waals surface area contributed by atoms with E-state index in [4.69, 9.17) is 5.26 Å². The first-order chi connectivity index (χ1) is 6.65. The van der Waals surface area contributed by atoms with Gasteiger partial charge in [0.05, 0.1) is 6.07 Å². The van der Waals surface area contributed by atoms with Crippen molar-refractivity contribution in [1.82, 2.24) is 0 Å². The maximum Gasteiger partial charge on any atom is 0.159 e. The fourth-order valence-corrected chi connectivity index (χ4v) is 1.17. The molecule has 2 heteroatoms. The lowest BCUT2D eigenvalue weighted by Crippen LogP contribution is -1.93. The quantitative estimate of drug-likeness (QED) is 0.525. The molecule has 0 N–H and O–H groups in total. The minimum absolute atomic E-state index is 0.0385. The Morgan fingerprint density at radius 3 is 2.79 bits per heavy atom. The van der Waals surface area contributed by atoms with Gasteiger partial charge in [0.1, 0.15) is 0 Å². The zero-order valence-electron chi connectivity index (χ0n) is 8.24. The lowest BCUT2D eigenvalue weighted by molar-refractivity contribution is 0.101. The lowest BCUT2D eigenvalue weighted by Gasteiger charge is -2.01. The average molecular weight is 185 g/mol. The highest BCUT2D eigenvalue weighted by molar-refractivity contribution is 5.94. The largest absolute Gasteiger partial charge is 0.295 e. The summed E-state index contributed by atoms with van der Waals surface area (Å²) in [6.07, 6.45) is 3.12. The molecule has 70 valence electrons. The van der Waals surface area contributed by atoms with Gasteiger partial charge in [-0.25, -0.2) is 0 Å². The molecule has 2 nitrogen and oxygen atoms in total. The predicted octanol–water partition coefficient (Wildman–Crippen LogP) is 2.73. The van der Waals surface area contributed by atoms with E-state index in [0.717, 1.165) is 11.1 Å². The molecule has 1 aromatic rings. The fourth-order valence-electron chi connectivity index (χ4n) is 1.17. The van der Waals surface area contributed by atoms with Crippen molar-refractivity contribution in [2.45, 2.75) is 13.8 Å². The van der Waals surface area contributed by atoms with E-state index < -0.39 is 0 Å². The second kappa shape index (κ2) is 4.38. The molecule has 1 aromatic carbocycles. The summed E-state index contributed by atoms with van der Waals surface area (Å²) in [7, 11) is 0. The SMILES string of the molecule is CC(=O)c1ccc(C)c(C=CC#N)c1. The van der Waals surface area contributed by atoms with Gasteiger partial charge in [-0.1, -0.05) is 12.1 Å². The zero-order valence-corrected chi connectivity index (χ0v) is 8.24. The minimum atomic E-state index is 0.0385. The third-order valence-electron chi connectivity index (χ3n) is 2.02. The molecule has 0 aromatic heterocycles. The second-order valence-electron chi connectivity index (χ2n) is 3.09. The summed E-state index contributed by atoms with van der Waals surface area (Å²) in [5.41, 5.74) is 2.65. The molecule has 1 rings (SSSR count). The molecule has 0 saturated heterocycles. The Bertz CT molecular complexity index is 424. The summed E-state index contributed by atoms with van der Waals surface area (Å²) in [6.45, 7) is 3.48. The number of nitrogens with zero attached hydrogens (tertiary/aromatic N) is 1. The first-order valence-corrected chi connectivity index (χ1v) is 4.33. The van der Waals surface area contributed by atoms with Gasteiger partial charge < -0.3 is 0 Å². The normalized spacial score (nSPS) is 10.1. The molecule has 0 aliphatic heterocycles. The summed E-state index contributed by atoms with van der Waals surface area (Å²) >= 11 is 0. The summed E-state index contributed by atoms with van der Waals surface area (Å²) in [6, 6.07) is 7.40. The number of aryl methyl sites for hydroxylation is 1. The Morgan fingerprint density at radius 1 is 1.50 bits per heavy atom. The van der Waals surface area contributed by atoms with E-state index in [1.165, 1.54) is 13.0 Å². The van der Waals surface area contributed by atoms with Crippen LogP contribution in [0.1, 0.15) is 28.4 Å². The molecule has 0 radical (unpaired) electrons. The average Bonchev–Trinajstić information content (AvgIpc) is 2.16. The number of ketones is 1. The van der Waals surface area contributed by atoms with E-state index in [1.54, 1.807) is 18.2 Å². The number of rotatable bonds is 2. The van der Waals surface area contributed by atoms with E-state index in [2.05, 4.69) is 0 Å². The molecule has 0 aliphatic carbocycles. The van der Waals surface area contributed by atoms with Crippen LogP contribution in [-0.2, 0) is 0 Å². The van der Waals surface area contributed by atoms with Crippen LogP contribution < -0.4 is 0 Å². The smallest absolute Gasteiger partial charge is 0.159 e. The maximum absolute atomic E-state index is 11.1. The van der Waals surface area contributed by atoms with Crippen LogP contribution in [0.15, 0.2) is 24.3 Å². The third-order valence-corrected chi connectivity index (χ3v) is 2.02. The van der Waals surface area contributed by atoms with Crippen LogP contribution in [0.5, 0.6) is 0 Å². The monoisotopic (exact) mass is 185 g/mol. The molecule has 0 aliphatic rings. The fraction of sp³-hybridized carbons (Fsp3) is 0.167. The topological polar surface area (TPSA) is 40.9 Å². The summed E-state index contributed by atoms with van der Waals surface area (Å²) < 4.78 is 0. The molecule has 0 fully saturated rings. The van der Waals surface area contributed by atoms with E-state index in [9.17, 15) is 4.79 Å². The van der Waals surface area contributed by atoms with Crippen molar-refractivity contribution < 1.29 is 4.79 Å². The van der Waals surface area contributed by atoms with Gasteiger partial charge in [0.15, 0.2) is 5.78 Å².